The van der Waals surface area contributed by atoms with Gasteiger partial charge in [-0.25, -0.2) is 8.78 Å². The van der Waals surface area contributed by atoms with Crippen LogP contribution in [0.15, 0.2) is 53.7 Å². The Hall–Kier alpha value is -2.81. The summed E-state index contributed by atoms with van der Waals surface area (Å²) < 4.78 is 27.5. The van der Waals surface area contributed by atoms with Gasteiger partial charge in [0.2, 0.25) is 11.1 Å². The van der Waals surface area contributed by atoms with Crippen LogP contribution in [0.5, 0.6) is 0 Å². The maximum Gasteiger partial charge on any atom is 0.234 e. The minimum absolute atomic E-state index is 0.0487. The van der Waals surface area contributed by atoms with E-state index in [4.69, 9.17) is 0 Å². The zero-order chi connectivity index (χ0) is 16.9. The molecule has 0 atom stereocenters. The number of carbonyl (C=O) groups excluding carboxylic acids is 1. The molecule has 0 fully saturated rings. The Bertz CT molecular complexity index is 853. The maximum atomic E-state index is 13.3. The lowest BCUT2D eigenvalue weighted by molar-refractivity contribution is -0.113. The highest BCUT2D eigenvalue weighted by molar-refractivity contribution is 7.99. The second kappa shape index (κ2) is 7.18. The monoisotopic (exact) mass is 347 g/mol. The van der Waals surface area contributed by atoms with Crippen molar-refractivity contribution >= 4 is 23.4 Å². The fraction of sp³-hybridized carbons (Fsp3) is 0.0667. The predicted octanol–water partition coefficient (Wildman–Crippen LogP) is 2.67. The summed E-state index contributed by atoms with van der Waals surface area (Å²) in [5, 5.41) is 14.2. The SMILES string of the molecule is O=C(CSc1nnnn1-c1cccc(F)c1)Nc1ccc(F)cc1. The molecule has 0 aliphatic carbocycles. The molecule has 0 radical (unpaired) electrons. The van der Waals surface area contributed by atoms with Gasteiger partial charge in [-0.1, -0.05) is 17.8 Å². The van der Waals surface area contributed by atoms with Crippen molar-refractivity contribution in [3.8, 4) is 5.69 Å². The first-order valence-electron chi connectivity index (χ1n) is 6.84. The number of rotatable bonds is 5. The zero-order valence-corrected chi connectivity index (χ0v) is 13.0. The molecular formula is C15H11F2N5OS. The number of aromatic nitrogens is 4. The molecule has 24 heavy (non-hydrogen) atoms. The molecule has 0 bridgehead atoms. The molecule has 3 rings (SSSR count). The number of thioether (sulfide) groups is 1. The second-order valence-electron chi connectivity index (χ2n) is 4.70. The van der Waals surface area contributed by atoms with Crippen LogP contribution >= 0.6 is 11.8 Å². The van der Waals surface area contributed by atoms with E-state index in [9.17, 15) is 13.6 Å². The molecule has 122 valence electrons. The summed E-state index contributed by atoms with van der Waals surface area (Å²) in [5.41, 5.74) is 0.952. The van der Waals surface area contributed by atoms with Gasteiger partial charge in [-0.3, -0.25) is 4.79 Å². The minimum atomic E-state index is -0.409. The Kier molecular flexibility index (Phi) is 4.80. The smallest absolute Gasteiger partial charge is 0.234 e. The molecule has 0 aliphatic heterocycles. The van der Waals surface area contributed by atoms with Gasteiger partial charge in [0, 0.05) is 5.69 Å². The number of nitrogens with one attached hydrogen (secondary N) is 1. The quantitative estimate of drug-likeness (QED) is 0.719. The standard InChI is InChI=1S/C15H11F2N5OS/c16-10-4-6-12(7-5-10)18-14(23)9-24-15-19-20-21-22(15)13-3-1-2-11(17)8-13/h1-8H,9H2,(H,18,23). The topological polar surface area (TPSA) is 72.7 Å². The molecule has 6 nitrogen and oxygen atoms in total. The fourth-order valence-corrected chi connectivity index (χ4v) is 2.59. The van der Waals surface area contributed by atoms with Crippen LogP contribution in [0.4, 0.5) is 14.5 Å². The van der Waals surface area contributed by atoms with Crippen molar-refractivity contribution in [2.75, 3.05) is 11.1 Å². The van der Waals surface area contributed by atoms with Gasteiger partial charge in [-0.05, 0) is 52.9 Å². The largest absolute Gasteiger partial charge is 0.325 e. The Morgan fingerprint density at radius 1 is 1.12 bits per heavy atom. The second-order valence-corrected chi connectivity index (χ2v) is 5.64. The lowest BCUT2D eigenvalue weighted by Gasteiger charge is -2.06. The molecule has 0 saturated heterocycles. The van der Waals surface area contributed by atoms with Gasteiger partial charge in [0.25, 0.3) is 0 Å². The third kappa shape index (κ3) is 3.93. The molecule has 1 N–H and O–H groups in total. The summed E-state index contributed by atoms with van der Waals surface area (Å²) in [6, 6.07) is 11.3. The van der Waals surface area contributed by atoms with Crippen LogP contribution in [0, 0.1) is 11.6 Å². The summed E-state index contributed by atoms with van der Waals surface area (Å²) in [6.45, 7) is 0. The third-order valence-electron chi connectivity index (χ3n) is 2.95. The van der Waals surface area contributed by atoms with Crippen LogP contribution < -0.4 is 5.32 Å². The molecule has 1 heterocycles. The van der Waals surface area contributed by atoms with Gasteiger partial charge in [-0.15, -0.1) is 5.10 Å². The summed E-state index contributed by atoms with van der Waals surface area (Å²) in [4.78, 5) is 11.9. The summed E-state index contributed by atoms with van der Waals surface area (Å²) >= 11 is 1.10. The molecule has 2 aromatic carbocycles. The van der Waals surface area contributed by atoms with Gasteiger partial charge in [0.15, 0.2) is 0 Å². The van der Waals surface area contributed by atoms with E-state index < -0.39 is 5.82 Å². The first kappa shape index (κ1) is 16.1. The Balaban J connectivity index is 1.64. The summed E-state index contributed by atoms with van der Waals surface area (Å²) in [7, 11) is 0. The summed E-state index contributed by atoms with van der Waals surface area (Å²) in [5.74, 6) is -1.03. The van der Waals surface area contributed by atoms with E-state index >= 15 is 0 Å². The normalized spacial score (nSPS) is 10.6. The lowest BCUT2D eigenvalue weighted by Crippen LogP contribution is -2.14. The summed E-state index contributed by atoms with van der Waals surface area (Å²) in [6.07, 6.45) is 0. The number of carbonyl (C=O) groups is 1. The number of benzene rings is 2. The molecule has 0 unspecified atom stereocenters. The lowest BCUT2D eigenvalue weighted by atomic mass is 10.3. The first-order valence-corrected chi connectivity index (χ1v) is 7.83. The molecule has 1 aromatic heterocycles. The number of hydrogen-bond donors (Lipinski definition) is 1. The van der Waals surface area contributed by atoms with Crippen LogP contribution in [-0.4, -0.2) is 31.9 Å². The minimum Gasteiger partial charge on any atom is -0.325 e. The van der Waals surface area contributed by atoms with Crippen LogP contribution in [0.1, 0.15) is 0 Å². The predicted molar refractivity (Wildman–Crippen MR) is 84.9 cm³/mol. The highest BCUT2D eigenvalue weighted by Gasteiger charge is 2.12. The Labute approximate surface area is 139 Å². The third-order valence-corrected chi connectivity index (χ3v) is 3.87. The van der Waals surface area contributed by atoms with E-state index in [1.807, 2.05) is 0 Å². The molecular weight excluding hydrogens is 336 g/mol. The van der Waals surface area contributed by atoms with E-state index in [0.29, 0.717) is 16.5 Å². The van der Waals surface area contributed by atoms with E-state index in [1.54, 1.807) is 12.1 Å². The van der Waals surface area contributed by atoms with Crippen molar-refractivity contribution < 1.29 is 13.6 Å². The van der Waals surface area contributed by atoms with Crippen molar-refractivity contribution in [2.24, 2.45) is 0 Å². The van der Waals surface area contributed by atoms with Crippen LogP contribution in [0.25, 0.3) is 5.69 Å². The van der Waals surface area contributed by atoms with E-state index in [-0.39, 0.29) is 17.5 Å². The molecule has 0 spiro atoms. The fourth-order valence-electron chi connectivity index (χ4n) is 1.90. The number of anilines is 1. The number of hydrogen-bond acceptors (Lipinski definition) is 5. The molecule has 9 heteroatoms. The van der Waals surface area contributed by atoms with Gasteiger partial charge in [0.05, 0.1) is 11.4 Å². The highest BCUT2D eigenvalue weighted by Crippen LogP contribution is 2.19. The van der Waals surface area contributed by atoms with Crippen molar-refractivity contribution in [2.45, 2.75) is 5.16 Å². The molecule has 0 aliphatic rings. The van der Waals surface area contributed by atoms with Crippen molar-refractivity contribution in [3.05, 3.63) is 60.2 Å². The number of amides is 1. The number of nitrogens with zero attached hydrogens (tertiary/aromatic N) is 4. The molecule has 0 saturated carbocycles. The maximum absolute atomic E-state index is 13.3. The zero-order valence-electron chi connectivity index (χ0n) is 12.2. The number of tetrazole rings is 1. The Morgan fingerprint density at radius 2 is 1.92 bits per heavy atom. The van der Waals surface area contributed by atoms with Crippen LogP contribution in [0.2, 0.25) is 0 Å². The van der Waals surface area contributed by atoms with Crippen LogP contribution in [0.3, 0.4) is 0 Å². The van der Waals surface area contributed by atoms with E-state index in [0.717, 1.165) is 11.8 Å². The van der Waals surface area contributed by atoms with Crippen molar-refractivity contribution in [1.82, 2.24) is 20.2 Å². The average molecular weight is 347 g/mol. The van der Waals surface area contributed by atoms with Gasteiger partial charge < -0.3 is 5.32 Å². The Morgan fingerprint density at radius 3 is 2.67 bits per heavy atom. The molecule has 3 aromatic rings. The van der Waals surface area contributed by atoms with Gasteiger partial charge in [-0.2, -0.15) is 4.68 Å². The highest BCUT2D eigenvalue weighted by atomic mass is 32.2. The molecule has 1 amide bonds. The number of halogens is 2. The van der Waals surface area contributed by atoms with Crippen molar-refractivity contribution in [1.29, 1.82) is 0 Å². The van der Waals surface area contributed by atoms with E-state index in [2.05, 4.69) is 20.8 Å². The van der Waals surface area contributed by atoms with Gasteiger partial charge >= 0.3 is 0 Å². The van der Waals surface area contributed by atoms with Crippen LogP contribution in [-0.2, 0) is 4.79 Å². The van der Waals surface area contributed by atoms with E-state index in [1.165, 1.54) is 41.1 Å². The average Bonchev–Trinajstić information content (AvgIpc) is 3.04. The first-order chi connectivity index (χ1) is 11.6. The van der Waals surface area contributed by atoms with Gasteiger partial charge in [0.1, 0.15) is 11.6 Å². The van der Waals surface area contributed by atoms with Crippen molar-refractivity contribution in [3.63, 3.8) is 0 Å².